The normalized spacial score (nSPS) is 18.8. The number of aromatic nitrogens is 1. The van der Waals surface area contributed by atoms with Crippen LogP contribution < -0.4 is 19.1 Å². The number of hydrogen-bond donors (Lipinski definition) is 1. The summed E-state index contributed by atoms with van der Waals surface area (Å²) < 4.78 is 18.8. The number of unbranched alkanes of at least 4 members (excludes halogenated alkanes) is 2. The van der Waals surface area contributed by atoms with Crippen LogP contribution in [0.4, 0.5) is 5.13 Å². The molecule has 2 atom stereocenters. The van der Waals surface area contributed by atoms with Crippen molar-refractivity contribution >= 4 is 44.1 Å². The molecule has 6 rings (SSSR count). The highest BCUT2D eigenvalue weighted by Crippen LogP contribution is 2.46. The van der Waals surface area contributed by atoms with Crippen LogP contribution in [0.1, 0.15) is 73.9 Å². The summed E-state index contributed by atoms with van der Waals surface area (Å²) in [5, 5.41) is 12.2. The summed E-state index contributed by atoms with van der Waals surface area (Å²) in [7, 11) is 0. The van der Waals surface area contributed by atoms with E-state index < -0.39 is 17.7 Å². The quantitative estimate of drug-likeness (QED) is 0.0829. The fourth-order valence-corrected chi connectivity index (χ4v) is 7.32. The Hall–Kier alpha value is -4.37. The third kappa shape index (κ3) is 5.77. The Labute approximate surface area is 267 Å². The van der Waals surface area contributed by atoms with Gasteiger partial charge in [0.1, 0.15) is 17.6 Å². The average molecular weight is 627 g/mol. The van der Waals surface area contributed by atoms with Gasteiger partial charge in [-0.2, -0.15) is 0 Å². The molecule has 0 radical (unpaired) electrons. The van der Waals surface area contributed by atoms with E-state index in [4.69, 9.17) is 19.2 Å². The first-order valence-electron chi connectivity index (χ1n) is 15.6. The first-order valence-corrected chi connectivity index (χ1v) is 16.4. The number of rotatable bonds is 10. The van der Waals surface area contributed by atoms with Crippen molar-refractivity contribution in [3.8, 4) is 17.2 Å². The molecule has 0 spiro atoms. The van der Waals surface area contributed by atoms with Gasteiger partial charge in [-0.3, -0.25) is 14.5 Å². The molecule has 2 aliphatic heterocycles. The van der Waals surface area contributed by atoms with Crippen LogP contribution >= 0.6 is 11.3 Å². The number of amides is 1. The van der Waals surface area contributed by atoms with Crippen molar-refractivity contribution in [3.63, 3.8) is 0 Å². The van der Waals surface area contributed by atoms with Crippen LogP contribution in [0.2, 0.25) is 0 Å². The maximum atomic E-state index is 13.9. The number of fused-ring (bicyclic) bond motifs is 2. The molecule has 9 heteroatoms. The van der Waals surface area contributed by atoms with Crippen molar-refractivity contribution in [2.45, 2.75) is 72.4 Å². The summed E-state index contributed by atoms with van der Waals surface area (Å²) in [6.45, 7) is 11.0. The molecule has 1 amide bonds. The number of aryl methyl sites for hydroxylation is 2. The van der Waals surface area contributed by atoms with Gasteiger partial charge in [-0.1, -0.05) is 43.2 Å². The number of benzene rings is 3. The molecule has 234 valence electrons. The Morgan fingerprint density at radius 1 is 1.04 bits per heavy atom. The Kier molecular flexibility index (Phi) is 8.55. The van der Waals surface area contributed by atoms with E-state index in [2.05, 4.69) is 6.92 Å². The monoisotopic (exact) mass is 626 g/mol. The van der Waals surface area contributed by atoms with E-state index in [1.165, 1.54) is 16.2 Å². The van der Waals surface area contributed by atoms with E-state index in [1.807, 2.05) is 58.0 Å². The maximum absolute atomic E-state index is 13.9. The third-order valence-electron chi connectivity index (χ3n) is 8.23. The number of thiazole rings is 1. The minimum absolute atomic E-state index is 0.00173. The molecule has 8 nitrogen and oxygen atoms in total. The number of anilines is 1. The highest BCUT2D eigenvalue weighted by atomic mass is 32.1. The molecule has 0 saturated carbocycles. The summed E-state index contributed by atoms with van der Waals surface area (Å²) in [5.41, 5.74) is 4.84. The molecule has 4 aromatic rings. The molecular weight excluding hydrogens is 588 g/mol. The van der Waals surface area contributed by atoms with Gasteiger partial charge in [0, 0.05) is 12.0 Å². The molecule has 2 aliphatic rings. The van der Waals surface area contributed by atoms with Gasteiger partial charge in [-0.15, -0.1) is 0 Å². The highest BCUT2D eigenvalue weighted by Gasteiger charge is 2.48. The van der Waals surface area contributed by atoms with Crippen molar-refractivity contribution in [2.75, 3.05) is 18.1 Å². The van der Waals surface area contributed by atoms with E-state index in [-0.39, 0.29) is 17.4 Å². The number of ketones is 1. The molecule has 0 unspecified atom stereocenters. The zero-order chi connectivity index (χ0) is 31.8. The Morgan fingerprint density at radius 2 is 1.87 bits per heavy atom. The second kappa shape index (κ2) is 12.6. The minimum Gasteiger partial charge on any atom is -0.507 e. The van der Waals surface area contributed by atoms with Gasteiger partial charge in [0.15, 0.2) is 16.6 Å². The smallest absolute Gasteiger partial charge is 0.301 e. The number of Topliss-reactive ketones (excluding diaryl/α,β-unsaturated/α-hetero) is 1. The van der Waals surface area contributed by atoms with Gasteiger partial charge in [-0.25, -0.2) is 4.98 Å². The zero-order valence-electron chi connectivity index (χ0n) is 26.3. The SMILES string of the molecule is CCCCCOc1ccc([C@H]2/C(=C(\O)c3ccc4c(c3)C[C@H](C)O4)C(=O)C(=O)N2c2nc3c(C)cc(C)cc3s2)cc1OCC. The molecule has 0 bridgehead atoms. The topological polar surface area (TPSA) is 98.2 Å². The Bertz CT molecular complexity index is 1830. The molecule has 1 aromatic heterocycles. The lowest BCUT2D eigenvalue weighted by molar-refractivity contribution is -0.132. The van der Waals surface area contributed by atoms with Gasteiger partial charge >= 0.3 is 5.91 Å². The van der Waals surface area contributed by atoms with Gasteiger partial charge in [0.25, 0.3) is 5.78 Å². The fourth-order valence-electron chi connectivity index (χ4n) is 6.15. The fraction of sp³-hybridized carbons (Fsp3) is 0.361. The lowest BCUT2D eigenvalue weighted by Gasteiger charge is -2.24. The second-order valence-electron chi connectivity index (χ2n) is 11.7. The van der Waals surface area contributed by atoms with E-state index >= 15 is 0 Å². The Balaban J connectivity index is 1.50. The first-order chi connectivity index (χ1) is 21.7. The predicted molar refractivity (Wildman–Crippen MR) is 177 cm³/mol. The van der Waals surface area contributed by atoms with Gasteiger partial charge < -0.3 is 19.3 Å². The summed E-state index contributed by atoms with van der Waals surface area (Å²) in [6.07, 6.45) is 3.78. The molecular formula is C36H38N2O6S. The van der Waals surface area contributed by atoms with Crippen molar-refractivity contribution in [2.24, 2.45) is 0 Å². The van der Waals surface area contributed by atoms with E-state index in [9.17, 15) is 14.7 Å². The van der Waals surface area contributed by atoms with Gasteiger partial charge in [0.2, 0.25) is 0 Å². The van der Waals surface area contributed by atoms with Crippen LogP contribution in [0.5, 0.6) is 17.2 Å². The Morgan fingerprint density at radius 3 is 2.64 bits per heavy atom. The van der Waals surface area contributed by atoms with Crippen LogP contribution in [-0.4, -0.2) is 41.1 Å². The third-order valence-corrected chi connectivity index (χ3v) is 9.23. The standard InChI is InChI=1S/C36H38N2O6S/c1-6-8-9-14-43-27-13-10-23(19-28(27)42-7-2)32-30(33(39)24-11-12-26-25(18-24)17-22(5)44-26)34(40)35(41)38(32)36-37-31-21(4)15-20(3)16-29(31)45-36/h10-13,15-16,18-19,22,32,39H,6-9,14,17H2,1-5H3/b33-30+/t22-,32-/m0/s1. The lowest BCUT2D eigenvalue weighted by atomic mass is 9.94. The number of ether oxygens (including phenoxy) is 3. The molecule has 0 aliphatic carbocycles. The minimum atomic E-state index is -0.941. The highest BCUT2D eigenvalue weighted by molar-refractivity contribution is 7.22. The van der Waals surface area contributed by atoms with E-state index in [0.717, 1.165) is 51.9 Å². The van der Waals surface area contributed by atoms with Gasteiger partial charge in [0.05, 0.1) is 35.0 Å². The number of nitrogens with zero attached hydrogens (tertiary/aromatic N) is 2. The summed E-state index contributed by atoms with van der Waals surface area (Å²) in [6, 6.07) is 13.9. The second-order valence-corrected chi connectivity index (χ2v) is 12.8. The maximum Gasteiger partial charge on any atom is 0.301 e. The number of carbonyl (C=O) groups is 2. The van der Waals surface area contributed by atoms with Crippen molar-refractivity contribution in [1.29, 1.82) is 0 Å². The molecule has 1 fully saturated rings. The number of aliphatic hydroxyl groups excluding tert-OH is 1. The molecule has 3 aromatic carbocycles. The molecule has 45 heavy (non-hydrogen) atoms. The van der Waals surface area contributed by atoms with Crippen molar-refractivity contribution < 1.29 is 28.9 Å². The molecule has 1 N–H and O–H groups in total. The molecule has 1 saturated heterocycles. The van der Waals surface area contributed by atoms with Crippen LogP contribution in [0.25, 0.3) is 16.0 Å². The summed E-state index contributed by atoms with van der Waals surface area (Å²) in [5.74, 6) is 0.101. The largest absolute Gasteiger partial charge is 0.507 e. The van der Waals surface area contributed by atoms with E-state index in [1.54, 1.807) is 18.2 Å². The first kappa shape index (κ1) is 30.6. The van der Waals surface area contributed by atoms with Crippen LogP contribution in [-0.2, 0) is 16.0 Å². The summed E-state index contributed by atoms with van der Waals surface area (Å²) in [4.78, 5) is 34.0. The number of hydrogen-bond acceptors (Lipinski definition) is 8. The van der Waals surface area contributed by atoms with Crippen LogP contribution in [0, 0.1) is 13.8 Å². The van der Waals surface area contributed by atoms with Gasteiger partial charge in [-0.05, 0) is 92.8 Å². The number of carbonyl (C=O) groups excluding carboxylic acids is 2. The summed E-state index contributed by atoms with van der Waals surface area (Å²) >= 11 is 1.35. The predicted octanol–water partition coefficient (Wildman–Crippen LogP) is 7.83. The number of aliphatic hydroxyl groups is 1. The van der Waals surface area contributed by atoms with E-state index in [0.29, 0.717) is 47.4 Å². The van der Waals surface area contributed by atoms with Crippen LogP contribution in [0.15, 0.2) is 54.1 Å². The lowest BCUT2D eigenvalue weighted by Crippen LogP contribution is -2.29. The molecule has 3 heterocycles. The zero-order valence-corrected chi connectivity index (χ0v) is 27.1. The van der Waals surface area contributed by atoms with Crippen LogP contribution in [0.3, 0.4) is 0 Å². The van der Waals surface area contributed by atoms with Crippen molar-refractivity contribution in [3.05, 3.63) is 81.9 Å². The van der Waals surface area contributed by atoms with Crippen molar-refractivity contribution in [1.82, 2.24) is 4.98 Å². The average Bonchev–Trinajstić information content (AvgIpc) is 3.68.